The van der Waals surface area contributed by atoms with Gasteiger partial charge in [-0.1, -0.05) is 35.3 Å². The normalized spacial score (nSPS) is 16.9. The summed E-state index contributed by atoms with van der Waals surface area (Å²) >= 11 is 18.6. The van der Waals surface area contributed by atoms with E-state index in [1.165, 1.54) is 7.11 Å². The molecule has 1 fully saturated rings. The lowest BCUT2D eigenvalue weighted by Crippen LogP contribution is -2.29. The van der Waals surface area contributed by atoms with Gasteiger partial charge in [0.25, 0.3) is 0 Å². The van der Waals surface area contributed by atoms with Crippen LogP contribution >= 0.6 is 35.4 Å². The standard InChI is InChI=1S/C28H24Cl2N4O3S/c1-16-6-7-17(29)13-19(16)23-10-11-24(37-23)27-26(22-5-3-4-12-31-22)33-28(38)34(27)18-8-9-21(20(30)14-18)32-25(35)15-36-2/h3-14,26-27H,15H2,1-2H3,(H,32,35)(H,33,38)/t26-,27+/m0/s1. The molecule has 2 N–H and O–H groups in total. The number of hydrogen-bond acceptors (Lipinski definition) is 5. The molecule has 1 saturated heterocycles. The van der Waals surface area contributed by atoms with E-state index in [-0.39, 0.29) is 24.6 Å². The second kappa shape index (κ2) is 11.1. The second-order valence-corrected chi connectivity index (χ2v) is 10.0. The quantitative estimate of drug-likeness (QED) is 0.240. The summed E-state index contributed by atoms with van der Waals surface area (Å²) in [5.41, 5.74) is 3.99. The van der Waals surface area contributed by atoms with Crippen LogP contribution in [-0.4, -0.2) is 29.7 Å². The third-order valence-electron chi connectivity index (χ3n) is 6.26. The van der Waals surface area contributed by atoms with E-state index in [0.29, 0.717) is 32.4 Å². The zero-order valence-electron chi connectivity index (χ0n) is 20.6. The highest BCUT2D eigenvalue weighted by Gasteiger charge is 2.42. The summed E-state index contributed by atoms with van der Waals surface area (Å²) in [6.07, 6.45) is 1.75. The van der Waals surface area contributed by atoms with E-state index in [0.717, 1.165) is 22.5 Å². The van der Waals surface area contributed by atoms with Gasteiger partial charge in [0, 0.05) is 29.6 Å². The Hall–Kier alpha value is -3.43. The SMILES string of the molecule is COCC(=O)Nc1ccc(N2C(=S)N[C@@H](c3ccccn3)[C@H]2c2ccc(-c3cc(Cl)ccc3C)o2)cc1Cl. The molecule has 1 aliphatic rings. The highest BCUT2D eigenvalue weighted by Crippen LogP contribution is 2.44. The molecule has 7 nitrogen and oxygen atoms in total. The summed E-state index contributed by atoms with van der Waals surface area (Å²) in [6.45, 7) is 1.94. The molecule has 0 bridgehead atoms. The fourth-order valence-electron chi connectivity index (χ4n) is 4.51. The number of halogens is 2. The molecule has 1 amide bonds. The molecule has 0 unspecified atom stereocenters. The Labute approximate surface area is 235 Å². The molecule has 1 aliphatic heterocycles. The summed E-state index contributed by atoms with van der Waals surface area (Å²) in [5.74, 6) is 1.09. The smallest absolute Gasteiger partial charge is 0.250 e. The Morgan fingerprint density at radius 3 is 2.74 bits per heavy atom. The number of carbonyl (C=O) groups is 1. The zero-order chi connectivity index (χ0) is 26.8. The van der Waals surface area contributed by atoms with Crippen LogP contribution in [0, 0.1) is 6.92 Å². The summed E-state index contributed by atoms with van der Waals surface area (Å²) < 4.78 is 11.3. The maximum atomic E-state index is 12.0. The third-order valence-corrected chi connectivity index (χ3v) is 7.12. The number of aryl methyl sites for hydroxylation is 1. The van der Waals surface area contributed by atoms with E-state index >= 15 is 0 Å². The number of aromatic nitrogens is 1. The van der Waals surface area contributed by atoms with Gasteiger partial charge in [0.2, 0.25) is 5.91 Å². The lowest BCUT2D eigenvalue weighted by atomic mass is 10.0. The Balaban J connectivity index is 1.55. The predicted octanol–water partition coefficient (Wildman–Crippen LogP) is 6.72. The minimum absolute atomic E-state index is 0.0705. The highest BCUT2D eigenvalue weighted by molar-refractivity contribution is 7.80. The van der Waals surface area contributed by atoms with Crippen molar-refractivity contribution in [3.8, 4) is 11.3 Å². The molecule has 0 aliphatic carbocycles. The monoisotopic (exact) mass is 566 g/mol. The van der Waals surface area contributed by atoms with Crippen molar-refractivity contribution in [2.24, 2.45) is 0 Å². The molecule has 38 heavy (non-hydrogen) atoms. The molecule has 2 atom stereocenters. The van der Waals surface area contributed by atoms with Gasteiger partial charge in [-0.15, -0.1) is 0 Å². The summed E-state index contributed by atoms with van der Waals surface area (Å²) in [7, 11) is 1.46. The van der Waals surface area contributed by atoms with E-state index in [4.69, 9.17) is 44.6 Å². The van der Waals surface area contributed by atoms with Crippen LogP contribution < -0.4 is 15.5 Å². The van der Waals surface area contributed by atoms with Crippen molar-refractivity contribution in [2.45, 2.75) is 19.0 Å². The lowest BCUT2D eigenvalue weighted by molar-refractivity contribution is -0.119. The van der Waals surface area contributed by atoms with Gasteiger partial charge in [0.15, 0.2) is 5.11 Å². The van der Waals surface area contributed by atoms with Gasteiger partial charge in [-0.25, -0.2) is 0 Å². The molecule has 4 aromatic rings. The zero-order valence-corrected chi connectivity index (χ0v) is 22.9. The van der Waals surface area contributed by atoms with E-state index in [1.807, 2.05) is 66.4 Å². The molecule has 0 saturated carbocycles. The molecule has 3 heterocycles. The summed E-state index contributed by atoms with van der Waals surface area (Å²) in [5, 5.41) is 7.64. The molecule has 2 aromatic heterocycles. The fourth-order valence-corrected chi connectivity index (χ4v) is 5.25. The van der Waals surface area contributed by atoms with Crippen LogP contribution in [0.5, 0.6) is 0 Å². The molecular formula is C28H24Cl2N4O3S. The topological polar surface area (TPSA) is 79.6 Å². The van der Waals surface area contributed by atoms with Crippen molar-refractivity contribution in [1.82, 2.24) is 10.3 Å². The minimum Gasteiger partial charge on any atom is -0.459 e. The highest BCUT2D eigenvalue weighted by atomic mass is 35.5. The first-order valence-corrected chi connectivity index (χ1v) is 13.0. The van der Waals surface area contributed by atoms with Gasteiger partial charge in [0.05, 0.1) is 22.4 Å². The van der Waals surface area contributed by atoms with Crippen LogP contribution in [0.2, 0.25) is 10.0 Å². The summed E-state index contributed by atoms with van der Waals surface area (Å²) in [6, 6.07) is 20.0. The van der Waals surface area contributed by atoms with Crippen molar-refractivity contribution in [1.29, 1.82) is 0 Å². The number of ether oxygens (including phenoxy) is 1. The third kappa shape index (κ3) is 5.26. The Morgan fingerprint density at radius 1 is 1.16 bits per heavy atom. The summed E-state index contributed by atoms with van der Waals surface area (Å²) in [4.78, 5) is 18.5. The van der Waals surface area contributed by atoms with Crippen LogP contribution in [-0.2, 0) is 9.53 Å². The number of benzene rings is 2. The molecule has 5 rings (SSSR count). The van der Waals surface area contributed by atoms with Crippen molar-refractivity contribution >= 4 is 57.8 Å². The molecule has 0 spiro atoms. The van der Waals surface area contributed by atoms with E-state index in [1.54, 1.807) is 18.3 Å². The number of nitrogens with one attached hydrogen (secondary N) is 2. The number of anilines is 2. The molecule has 0 radical (unpaired) electrons. The number of thiocarbonyl (C=S) groups is 1. The Bertz CT molecular complexity index is 1490. The molecule has 2 aromatic carbocycles. The second-order valence-electron chi connectivity index (χ2n) is 8.80. The minimum atomic E-state index is -0.365. The van der Waals surface area contributed by atoms with Crippen LogP contribution in [0.25, 0.3) is 11.3 Å². The molecule has 10 heteroatoms. The van der Waals surface area contributed by atoms with E-state index < -0.39 is 0 Å². The first-order valence-electron chi connectivity index (χ1n) is 11.8. The number of amides is 1. The van der Waals surface area contributed by atoms with Gasteiger partial charge < -0.3 is 24.7 Å². The van der Waals surface area contributed by atoms with Gasteiger partial charge in [-0.2, -0.15) is 0 Å². The maximum Gasteiger partial charge on any atom is 0.250 e. The number of methoxy groups -OCH3 is 1. The molecular weight excluding hydrogens is 543 g/mol. The predicted molar refractivity (Wildman–Crippen MR) is 154 cm³/mol. The Kier molecular flexibility index (Phi) is 7.67. The number of nitrogens with zero attached hydrogens (tertiary/aromatic N) is 2. The van der Waals surface area contributed by atoms with Crippen LogP contribution in [0.3, 0.4) is 0 Å². The molecule has 194 valence electrons. The maximum absolute atomic E-state index is 12.0. The van der Waals surface area contributed by atoms with Crippen molar-refractivity contribution < 1.29 is 13.9 Å². The number of carbonyl (C=O) groups excluding carboxylic acids is 1. The van der Waals surface area contributed by atoms with Gasteiger partial charge in [-0.05, 0) is 79.3 Å². The average Bonchev–Trinajstić information content (AvgIpc) is 3.52. The van der Waals surface area contributed by atoms with Crippen molar-refractivity contribution in [3.63, 3.8) is 0 Å². The van der Waals surface area contributed by atoms with Gasteiger partial charge in [0.1, 0.15) is 24.2 Å². The van der Waals surface area contributed by atoms with E-state index in [2.05, 4.69) is 15.6 Å². The van der Waals surface area contributed by atoms with Crippen LogP contribution in [0.4, 0.5) is 11.4 Å². The number of pyridine rings is 1. The van der Waals surface area contributed by atoms with E-state index in [9.17, 15) is 4.79 Å². The van der Waals surface area contributed by atoms with Crippen LogP contribution in [0.1, 0.15) is 29.1 Å². The first kappa shape index (κ1) is 26.2. The van der Waals surface area contributed by atoms with Crippen LogP contribution in [0.15, 0.2) is 77.3 Å². The number of furan rings is 1. The van der Waals surface area contributed by atoms with Gasteiger partial charge in [-0.3, -0.25) is 9.78 Å². The van der Waals surface area contributed by atoms with Crippen molar-refractivity contribution in [2.75, 3.05) is 23.9 Å². The Morgan fingerprint density at radius 2 is 2.00 bits per heavy atom. The fraction of sp³-hybridized carbons (Fsp3) is 0.179. The first-order chi connectivity index (χ1) is 18.4. The number of rotatable bonds is 7. The lowest BCUT2D eigenvalue weighted by Gasteiger charge is -2.26. The average molecular weight is 567 g/mol. The number of hydrogen-bond donors (Lipinski definition) is 2. The van der Waals surface area contributed by atoms with Crippen molar-refractivity contribution in [3.05, 3.63) is 100.0 Å². The van der Waals surface area contributed by atoms with Gasteiger partial charge >= 0.3 is 0 Å². The largest absolute Gasteiger partial charge is 0.459 e.